The summed E-state index contributed by atoms with van der Waals surface area (Å²) in [7, 11) is 1.66. The highest BCUT2D eigenvalue weighted by Crippen LogP contribution is 2.30. The summed E-state index contributed by atoms with van der Waals surface area (Å²) in [6, 6.07) is 12.0. The second-order valence-corrected chi connectivity index (χ2v) is 6.73. The van der Waals surface area contributed by atoms with Crippen LogP contribution in [-0.2, 0) is 0 Å². The summed E-state index contributed by atoms with van der Waals surface area (Å²) in [5.41, 5.74) is 6.07. The van der Waals surface area contributed by atoms with Crippen LogP contribution in [0.1, 0.15) is 11.3 Å². The van der Waals surface area contributed by atoms with Crippen molar-refractivity contribution in [3.05, 3.63) is 59.2 Å². The molecule has 3 aromatic heterocycles. The van der Waals surface area contributed by atoms with Crippen molar-refractivity contribution in [2.24, 2.45) is 0 Å². The van der Waals surface area contributed by atoms with Gasteiger partial charge in [-0.25, -0.2) is 9.97 Å². The van der Waals surface area contributed by atoms with E-state index in [-0.39, 0.29) is 17.0 Å². The standard InChI is InChI=1S/C19H18N4OS.BrH/c1-12-8-9-23-17(10-12)20-13(2)18(23)16-11-25-19(22-16)21-14-4-6-15(24-3)7-5-14;/h4-11H,1-3H3,(H,21,22);1H. The molecule has 0 aliphatic rings. The second-order valence-electron chi connectivity index (χ2n) is 5.87. The van der Waals surface area contributed by atoms with E-state index in [1.807, 2.05) is 31.2 Å². The van der Waals surface area contributed by atoms with Gasteiger partial charge in [-0.05, 0) is 55.8 Å². The lowest BCUT2D eigenvalue weighted by atomic mass is 10.2. The Morgan fingerprint density at radius 3 is 2.58 bits per heavy atom. The minimum atomic E-state index is 0. The molecule has 0 saturated carbocycles. The molecule has 7 heteroatoms. The van der Waals surface area contributed by atoms with Gasteiger partial charge in [0.15, 0.2) is 5.13 Å². The van der Waals surface area contributed by atoms with E-state index in [0.29, 0.717) is 0 Å². The zero-order valence-corrected chi connectivity index (χ0v) is 17.2. The number of halogens is 1. The first-order chi connectivity index (χ1) is 12.1. The zero-order valence-electron chi connectivity index (χ0n) is 14.7. The van der Waals surface area contributed by atoms with Gasteiger partial charge in [-0.15, -0.1) is 28.3 Å². The van der Waals surface area contributed by atoms with Crippen molar-refractivity contribution in [3.63, 3.8) is 0 Å². The first kappa shape index (κ1) is 18.4. The highest BCUT2D eigenvalue weighted by atomic mass is 79.9. The summed E-state index contributed by atoms with van der Waals surface area (Å²) >= 11 is 1.58. The number of anilines is 2. The largest absolute Gasteiger partial charge is 0.497 e. The molecule has 0 radical (unpaired) electrons. The number of nitrogens with zero attached hydrogens (tertiary/aromatic N) is 3. The lowest BCUT2D eigenvalue weighted by Crippen LogP contribution is -1.92. The molecule has 5 nitrogen and oxygen atoms in total. The fraction of sp³-hybridized carbons (Fsp3) is 0.158. The molecule has 0 aliphatic carbocycles. The molecule has 4 rings (SSSR count). The number of rotatable bonds is 4. The van der Waals surface area contributed by atoms with Crippen LogP contribution in [0.4, 0.5) is 10.8 Å². The number of hydrogen-bond acceptors (Lipinski definition) is 5. The molecule has 4 aromatic rings. The van der Waals surface area contributed by atoms with E-state index in [1.165, 1.54) is 5.56 Å². The van der Waals surface area contributed by atoms with Gasteiger partial charge in [-0.1, -0.05) is 0 Å². The van der Waals surface area contributed by atoms with E-state index < -0.39 is 0 Å². The summed E-state index contributed by atoms with van der Waals surface area (Å²) in [4.78, 5) is 9.40. The SMILES string of the molecule is Br.COc1ccc(Nc2nc(-c3c(C)nc4cc(C)ccn34)cs2)cc1. The van der Waals surface area contributed by atoms with Gasteiger partial charge in [0.05, 0.1) is 18.5 Å². The molecule has 0 fully saturated rings. The minimum absolute atomic E-state index is 0. The van der Waals surface area contributed by atoms with E-state index in [2.05, 4.69) is 45.3 Å². The maximum atomic E-state index is 5.18. The van der Waals surface area contributed by atoms with Gasteiger partial charge < -0.3 is 10.1 Å². The van der Waals surface area contributed by atoms with Crippen molar-refractivity contribution in [3.8, 4) is 17.1 Å². The average molecular weight is 431 g/mol. The summed E-state index contributed by atoms with van der Waals surface area (Å²) in [5, 5.41) is 6.24. The second kappa shape index (κ2) is 7.47. The Kier molecular flexibility index (Phi) is 5.29. The molecule has 0 saturated heterocycles. The smallest absolute Gasteiger partial charge is 0.187 e. The molecule has 0 atom stereocenters. The van der Waals surface area contributed by atoms with E-state index in [1.54, 1.807) is 18.4 Å². The zero-order chi connectivity index (χ0) is 17.4. The molecule has 0 aliphatic heterocycles. The monoisotopic (exact) mass is 430 g/mol. The molecule has 0 unspecified atom stereocenters. The van der Waals surface area contributed by atoms with E-state index in [0.717, 1.165) is 39.3 Å². The third-order valence-corrected chi connectivity index (χ3v) is 4.80. The van der Waals surface area contributed by atoms with E-state index in [9.17, 15) is 0 Å². The first-order valence-electron chi connectivity index (χ1n) is 7.96. The number of aromatic nitrogens is 3. The summed E-state index contributed by atoms with van der Waals surface area (Å²) in [5.74, 6) is 0.835. The minimum Gasteiger partial charge on any atom is -0.497 e. The fourth-order valence-electron chi connectivity index (χ4n) is 2.81. The van der Waals surface area contributed by atoms with Gasteiger partial charge in [0.2, 0.25) is 0 Å². The van der Waals surface area contributed by atoms with Gasteiger partial charge in [0.25, 0.3) is 0 Å². The number of nitrogens with one attached hydrogen (secondary N) is 1. The molecule has 1 aromatic carbocycles. The topological polar surface area (TPSA) is 51.5 Å². The third-order valence-electron chi connectivity index (χ3n) is 4.04. The number of methoxy groups -OCH3 is 1. The predicted molar refractivity (Wildman–Crippen MR) is 112 cm³/mol. The highest BCUT2D eigenvalue weighted by molar-refractivity contribution is 8.93. The molecule has 1 N–H and O–H groups in total. The third kappa shape index (κ3) is 3.45. The maximum absolute atomic E-state index is 5.18. The maximum Gasteiger partial charge on any atom is 0.187 e. The molecule has 26 heavy (non-hydrogen) atoms. The number of pyridine rings is 1. The number of aryl methyl sites for hydroxylation is 2. The van der Waals surface area contributed by atoms with Crippen molar-refractivity contribution >= 4 is 44.8 Å². The number of fused-ring (bicyclic) bond motifs is 1. The van der Waals surface area contributed by atoms with Crippen LogP contribution in [0, 0.1) is 13.8 Å². The van der Waals surface area contributed by atoms with Crippen molar-refractivity contribution in [1.29, 1.82) is 0 Å². The van der Waals surface area contributed by atoms with Gasteiger partial charge in [-0.2, -0.15) is 0 Å². The molecule has 0 spiro atoms. The van der Waals surface area contributed by atoms with Crippen LogP contribution in [0.2, 0.25) is 0 Å². The number of imidazole rings is 1. The van der Waals surface area contributed by atoms with E-state index >= 15 is 0 Å². The van der Waals surface area contributed by atoms with Gasteiger partial charge in [-0.3, -0.25) is 4.40 Å². The Balaban J connectivity index is 0.00000196. The Morgan fingerprint density at radius 2 is 1.85 bits per heavy atom. The normalized spacial score (nSPS) is 10.6. The van der Waals surface area contributed by atoms with Gasteiger partial charge in [0, 0.05) is 17.3 Å². The molecule has 0 bridgehead atoms. The molecular formula is C19H19BrN4OS. The Bertz CT molecular complexity index is 1040. The lowest BCUT2D eigenvalue weighted by molar-refractivity contribution is 0.415. The van der Waals surface area contributed by atoms with Crippen LogP contribution < -0.4 is 10.1 Å². The molecule has 134 valence electrons. The van der Waals surface area contributed by atoms with Crippen LogP contribution >= 0.6 is 28.3 Å². The predicted octanol–water partition coefficient (Wildman–Crippen LogP) is 5.40. The Morgan fingerprint density at radius 1 is 1.08 bits per heavy atom. The quantitative estimate of drug-likeness (QED) is 0.470. The molecular weight excluding hydrogens is 412 g/mol. The van der Waals surface area contributed by atoms with Crippen LogP contribution in [0.25, 0.3) is 17.0 Å². The number of thiazole rings is 1. The van der Waals surface area contributed by atoms with Crippen molar-refractivity contribution < 1.29 is 4.74 Å². The lowest BCUT2D eigenvalue weighted by Gasteiger charge is -2.04. The van der Waals surface area contributed by atoms with Gasteiger partial charge >= 0.3 is 0 Å². The average Bonchev–Trinajstić information content (AvgIpc) is 3.18. The summed E-state index contributed by atoms with van der Waals surface area (Å²) in [6.07, 6.45) is 2.05. The van der Waals surface area contributed by atoms with Crippen LogP contribution in [0.5, 0.6) is 5.75 Å². The number of benzene rings is 1. The number of hydrogen-bond donors (Lipinski definition) is 1. The Hall–Kier alpha value is -2.38. The number of ether oxygens (including phenoxy) is 1. The van der Waals surface area contributed by atoms with Crippen LogP contribution in [0.3, 0.4) is 0 Å². The highest BCUT2D eigenvalue weighted by Gasteiger charge is 2.14. The Labute approximate surface area is 166 Å². The van der Waals surface area contributed by atoms with Gasteiger partial charge in [0.1, 0.15) is 17.1 Å². The summed E-state index contributed by atoms with van der Waals surface area (Å²) < 4.78 is 7.28. The van der Waals surface area contributed by atoms with Crippen LogP contribution in [-0.4, -0.2) is 21.5 Å². The van der Waals surface area contributed by atoms with Crippen molar-refractivity contribution in [2.45, 2.75) is 13.8 Å². The van der Waals surface area contributed by atoms with Crippen molar-refractivity contribution in [1.82, 2.24) is 14.4 Å². The molecule has 3 heterocycles. The van der Waals surface area contributed by atoms with Crippen molar-refractivity contribution in [2.75, 3.05) is 12.4 Å². The van der Waals surface area contributed by atoms with Crippen LogP contribution in [0.15, 0.2) is 48.0 Å². The fourth-order valence-corrected chi connectivity index (χ4v) is 3.53. The molecule has 0 amide bonds. The summed E-state index contributed by atoms with van der Waals surface area (Å²) in [6.45, 7) is 4.09. The van der Waals surface area contributed by atoms with E-state index in [4.69, 9.17) is 9.72 Å². The first-order valence-corrected chi connectivity index (χ1v) is 8.84.